The standard InChI is InChI=1S/C12H16N4O2/c1-13-11(12(17)18)6-16(2)8-3-4-9-10(5-8)15-7-14-9/h3-5,7,11,13H,6H2,1-2H3,(H,14,15)(H,17,18). The van der Waals surface area contributed by atoms with Crippen LogP contribution < -0.4 is 10.2 Å². The Morgan fingerprint density at radius 2 is 2.39 bits per heavy atom. The van der Waals surface area contributed by atoms with Crippen LogP contribution in [0.2, 0.25) is 0 Å². The van der Waals surface area contributed by atoms with E-state index >= 15 is 0 Å². The fraction of sp³-hybridized carbons (Fsp3) is 0.333. The molecule has 6 nitrogen and oxygen atoms in total. The molecule has 3 N–H and O–H groups in total. The van der Waals surface area contributed by atoms with Gasteiger partial charge in [0.05, 0.1) is 17.4 Å². The second kappa shape index (κ2) is 5.05. The Bertz CT molecular complexity index is 552. The van der Waals surface area contributed by atoms with Gasteiger partial charge < -0.3 is 20.3 Å². The van der Waals surface area contributed by atoms with Gasteiger partial charge in [0.1, 0.15) is 6.04 Å². The summed E-state index contributed by atoms with van der Waals surface area (Å²) in [7, 11) is 3.51. The normalized spacial score (nSPS) is 12.6. The fourth-order valence-electron chi connectivity index (χ4n) is 1.83. The molecule has 0 amide bonds. The van der Waals surface area contributed by atoms with Gasteiger partial charge in [-0.3, -0.25) is 4.79 Å². The van der Waals surface area contributed by atoms with Crippen LogP contribution in [-0.4, -0.2) is 47.7 Å². The molecule has 0 aliphatic carbocycles. The predicted molar refractivity (Wildman–Crippen MR) is 69.8 cm³/mol. The van der Waals surface area contributed by atoms with E-state index in [1.165, 1.54) is 0 Å². The number of anilines is 1. The van der Waals surface area contributed by atoms with E-state index < -0.39 is 12.0 Å². The number of aromatic nitrogens is 2. The minimum atomic E-state index is -0.855. The monoisotopic (exact) mass is 248 g/mol. The average molecular weight is 248 g/mol. The predicted octanol–water partition coefficient (Wildman–Crippen LogP) is 0.672. The van der Waals surface area contributed by atoms with Crippen LogP contribution >= 0.6 is 0 Å². The number of carboxylic acid groups (broad SMARTS) is 1. The molecule has 0 aliphatic heterocycles. The van der Waals surface area contributed by atoms with Gasteiger partial charge in [0.15, 0.2) is 0 Å². The molecular formula is C12H16N4O2. The number of hydrogen-bond acceptors (Lipinski definition) is 4. The molecule has 1 unspecified atom stereocenters. The molecule has 6 heteroatoms. The van der Waals surface area contributed by atoms with Crippen molar-refractivity contribution in [1.82, 2.24) is 15.3 Å². The number of aromatic amines is 1. The number of imidazole rings is 1. The second-order valence-corrected chi connectivity index (χ2v) is 4.16. The number of nitrogens with one attached hydrogen (secondary N) is 2. The molecule has 0 aliphatic rings. The molecule has 0 bridgehead atoms. The van der Waals surface area contributed by atoms with Gasteiger partial charge in [0.25, 0.3) is 0 Å². The molecule has 0 spiro atoms. The van der Waals surface area contributed by atoms with E-state index in [0.717, 1.165) is 16.7 Å². The van der Waals surface area contributed by atoms with E-state index in [-0.39, 0.29) is 0 Å². The van der Waals surface area contributed by atoms with Crippen molar-refractivity contribution in [3.63, 3.8) is 0 Å². The zero-order valence-electron chi connectivity index (χ0n) is 10.3. The summed E-state index contributed by atoms with van der Waals surface area (Å²) in [4.78, 5) is 20.0. The number of H-pyrrole nitrogens is 1. The zero-order valence-corrected chi connectivity index (χ0v) is 10.3. The fourth-order valence-corrected chi connectivity index (χ4v) is 1.83. The summed E-state index contributed by atoms with van der Waals surface area (Å²) >= 11 is 0. The van der Waals surface area contributed by atoms with Gasteiger partial charge in [0.2, 0.25) is 0 Å². The van der Waals surface area contributed by atoms with Gasteiger partial charge in [-0.05, 0) is 25.2 Å². The average Bonchev–Trinajstić information content (AvgIpc) is 2.82. The highest BCUT2D eigenvalue weighted by molar-refractivity contribution is 5.79. The third kappa shape index (κ3) is 2.43. The van der Waals surface area contributed by atoms with Gasteiger partial charge in [-0.1, -0.05) is 0 Å². The van der Waals surface area contributed by atoms with Crippen LogP contribution in [0.1, 0.15) is 0 Å². The molecule has 96 valence electrons. The first kappa shape index (κ1) is 12.4. The smallest absolute Gasteiger partial charge is 0.322 e. The number of benzene rings is 1. The van der Waals surface area contributed by atoms with Crippen molar-refractivity contribution in [2.75, 3.05) is 25.5 Å². The Hall–Kier alpha value is -2.08. The van der Waals surface area contributed by atoms with Gasteiger partial charge in [-0.2, -0.15) is 0 Å². The molecular weight excluding hydrogens is 232 g/mol. The Balaban J connectivity index is 2.16. The zero-order chi connectivity index (χ0) is 13.1. The third-order valence-electron chi connectivity index (χ3n) is 2.95. The SMILES string of the molecule is CNC(CN(C)c1ccc2nc[nH]c2c1)C(=O)O. The summed E-state index contributed by atoms with van der Waals surface area (Å²) in [6.45, 7) is 0.394. The second-order valence-electron chi connectivity index (χ2n) is 4.16. The summed E-state index contributed by atoms with van der Waals surface area (Å²) in [6.07, 6.45) is 1.64. The van der Waals surface area contributed by atoms with Crippen LogP contribution in [0.4, 0.5) is 5.69 Å². The largest absolute Gasteiger partial charge is 0.480 e. The van der Waals surface area contributed by atoms with Crippen LogP contribution in [0.3, 0.4) is 0 Å². The van der Waals surface area contributed by atoms with E-state index in [2.05, 4.69) is 15.3 Å². The summed E-state index contributed by atoms with van der Waals surface area (Å²) in [6, 6.07) is 5.20. The number of carboxylic acids is 1. The minimum Gasteiger partial charge on any atom is -0.480 e. The Morgan fingerprint density at radius 1 is 1.61 bits per heavy atom. The number of carbonyl (C=O) groups is 1. The molecule has 2 rings (SSSR count). The van der Waals surface area contributed by atoms with E-state index in [1.54, 1.807) is 13.4 Å². The number of likely N-dealkylation sites (N-methyl/N-ethyl adjacent to an activating group) is 2. The molecule has 1 aromatic carbocycles. The quantitative estimate of drug-likeness (QED) is 0.724. The van der Waals surface area contributed by atoms with Gasteiger partial charge in [-0.25, -0.2) is 4.98 Å². The van der Waals surface area contributed by atoms with Crippen molar-refractivity contribution in [2.45, 2.75) is 6.04 Å². The highest BCUT2D eigenvalue weighted by atomic mass is 16.4. The van der Waals surface area contributed by atoms with E-state index in [9.17, 15) is 4.79 Å². The summed E-state index contributed by atoms with van der Waals surface area (Å²) in [5.74, 6) is -0.855. The van der Waals surface area contributed by atoms with E-state index in [1.807, 2.05) is 30.1 Å². The first-order chi connectivity index (χ1) is 8.61. The molecule has 0 radical (unpaired) electrons. The Kier molecular flexibility index (Phi) is 3.47. The number of hydrogen-bond donors (Lipinski definition) is 3. The van der Waals surface area contributed by atoms with Crippen LogP contribution in [0, 0.1) is 0 Å². The van der Waals surface area contributed by atoms with E-state index in [4.69, 9.17) is 5.11 Å². The molecule has 1 atom stereocenters. The molecule has 1 heterocycles. The maximum atomic E-state index is 11.0. The van der Waals surface area contributed by atoms with Gasteiger partial charge >= 0.3 is 5.97 Å². The Morgan fingerprint density at radius 3 is 3.06 bits per heavy atom. The Labute approximate surface area is 105 Å². The molecule has 2 aromatic rings. The molecule has 0 saturated heterocycles. The van der Waals surface area contributed by atoms with Gasteiger partial charge in [-0.15, -0.1) is 0 Å². The van der Waals surface area contributed by atoms with Crippen LogP contribution in [-0.2, 0) is 4.79 Å². The van der Waals surface area contributed by atoms with E-state index in [0.29, 0.717) is 6.54 Å². The molecule has 0 fully saturated rings. The lowest BCUT2D eigenvalue weighted by molar-refractivity contribution is -0.139. The lowest BCUT2D eigenvalue weighted by Crippen LogP contribution is -2.43. The third-order valence-corrected chi connectivity index (χ3v) is 2.95. The van der Waals surface area contributed by atoms with Crippen LogP contribution in [0.15, 0.2) is 24.5 Å². The lowest BCUT2D eigenvalue weighted by Gasteiger charge is -2.23. The molecule has 18 heavy (non-hydrogen) atoms. The first-order valence-electron chi connectivity index (χ1n) is 5.66. The topological polar surface area (TPSA) is 81.2 Å². The van der Waals surface area contributed by atoms with Crippen LogP contribution in [0.5, 0.6) is 0 Å². The maximum absolute atomic E-state index is 11.0. The van der Waals surface area contributed by atoms with Crippen molar-refractivity contribution < 1.29 is 9.90 Å². The van der Waals surface area contributed by atoms with Crippen molar-refractivity contribution in [3.8, 4) is 0 Å². The van der Waals surface area contributed by atoms with Gasteiger partial charge in [0, 0.05) is 19.3 Å². The number of rotatable bonds is 5. The number of fused-ring (bicyclic) bond motifs is 1. The highest BCUT2D eigenvalue weighted by Gasteiger charge is 2.17. The van der Waals surface area contributed by atoms with Crippen molar-refractivity contribution >= 4 is 22.7 Å². The maximum Gasteiger partial charge on any atom is 0.322 e. The molecule has 1 aromatic heterocycles. The summed E-state index contributed by atoms with van der Waals surface area (Å²) in [5, 5.41) is 11.8. The number of nitrogens with zero attached hydrogens (tertiary/aromatic N) is 2. The summed E-state index contributed by atoms with van der Waals surface area (Å²) < 4.78 is 0. The molecule has 0 saturated carbocycles. The van der Waals surface area contributed by atoms with Crippen molar-refractivity contribution in [2.24, 2.45) is 0 Å². The number of aliphatic carboxylic acids is 1. The summed E-state index contributed by atoms with van der Waals surface area (Å²) in [5.41, 5.74) is 2.79. The first-order valence-corrected chi connectivity index (χ1v) is 5.66. The lowest BCUT2D eigenvalue weighted by atomic mass is 10.2. The highest BCUT2D eigenvalue weighted by Crippen LogP contribution is 2.18. The van der Waals surface area contributed by atoms with Crippen LogP contribution in [0.25, 0.3) is 11.0 Å². The van der Waals surface area contributed by atoms with Crippen molar-refractivity contribution in [1.29, 1.82) is 0 Å². The van der Waals surface area contributed by atoms with Crippen molar-refractivity contribution in [3.05, 3.63) is 24.5 Å². The minimum absolute atomic E-state index is 0.394.